The van der Waals surface area contributed by atoms with Gasteiger partial charge in [-0.3, -0.25) is 9.69 Å². The van der Waals surface area contributed by atoms with Gasteiger partial charge in [0.2, 0.25) is 5.91 Å². The summed E-state index contributed by atoms with van der Waals surface area (Å²) in [6, 6.07) is 6.43. The van der Waals surface area contributed by atoms with Crippen LogP contribution in [-0.2, 0) is 4.79 Å². The molecule has 30 heavy (non-hydrogen) atoms. The van der Waals surface area contributed by atoms with Crippen molar-refractivity contribution >= 4 is 39.2 Å². The number of piperazine rings is 1. The van der Waals surface area contributed by atoms with E-state index in [2.05, 4.69) is 14.9 Å². The lowest BCUT2D eigenvalue weighted by Gasteiger charge is -2.34. The Balaban J connectivity index is 1.40. The third kappa shape index (κ3) is 4.80. The number of benzene rings is 1. The van der Waals surface area contributed by atoms with Gasteiger partial charge in [-0.1, -0.05) is 12.1 Å². The maximum atomic E-state index is 13.3. The van der Waals surface area contributed by atoms with E-state index in [0.29, 0.717) is 31.8 Å². The number of fused-ring (bicyclic) bond motifs is 1. The van der Waals surface area contributed by atoms with Gasteiger partial charge in [0.25, 0.3) is 0 Å². The molecule has 0 radical (unpaired) electrons. The number of hydrogen-bond acceptors (Lipinski definition) is 7. The minimum atomic E-state index is -0.264. The molecule has 1 aromatic carbocycles. The molecule has 0 unspecified atom stereocenters. The summed E-state index contributed by atoms with van der Waals surface area (Å²) in [5, 5.41) is 12.9. The first-order valence-corrected chi connectivity index (χ1v) is 11.7. The van der Waals surface area contributed by atoms with E-state index in [1.807, 2.05) is 10.3 Å². The van der Waals surface area contributed by atoms with Crippen LogP contribution in [0.1, 0.15) is 6.42 Å². The Morgan fingerprint density at radius 2 is 1.93 bits per heavy atom. The molecule has 0 saturated carbocycles. The number of thiophene rings is 1. The van der Waals surface area contributed by atoms with Crippen molar-refractivity contribution < 1.29 is 14.3 Å². The quantitative estimate of drug-likeness (QED) is 0.444. The molecular formula is C21H23FN4O2S2. The number of aliphatic hydroxyl groups is 1. The Morgan fingerprint density at radius 1 is 1.17 bits per heavy atom. The third-order valence-corrected chi connectivity index (χ3v) is 7.06. The number of aliphatic hydroxyl groups excluding tert-OH is 1. The molecule has 0 atom stereocenters. The monoisotopic (exact) mass is 446 g/mol. The van der Waals surface area contributed by atoms with Crippen LogP contribution in [0.25, 0.3) is 21.3 Å². The van der Waals surface area contributed by atoms with Gasteiger partial charge in [0.15, 0.2) is 0 Å². The summed E-state index contributed by atoms with van der Waals surface area (Å²) in [5.74, 6) is 0.529. The molecule has 1 aliphatic heterocycles. The van der Waals surface area contributed by atoms with Crippen molar-refractivity contribution in [1.82, 2.24) is 19.8 Å². The molecule has 0 aliphatic carbocycles. The van der Waals surface area contributed by atoms with Crippen LogP contribution in [0.5, 0.6) is 0 Å². The molecule has 1 N–H and O–H groups in total. The number of carbonyl (C=O) groups excluding carboxylic acids is 1. The topological polar surface area (TPSA) is 69.6 Å². The molecule has 158 valence electrons. The first-order chi connectivity index (χ1) is 14.7. The maximum Gasteiger partial charge on any atom is 0.223 e. The number of hydrogen-bond donors (Lipinski definition) is 1. The average molecular weight is 447 g/mol. The van der Waals surface area contributed by atoms with Crippen molar-refractivity contribution in [2.24, 2.45) is 0 Å². The molecule has 4 rings (SSSR count). The summed E-state index contributed by atoms with van der Waals surface area (Å²) in [4.78, 5) is 26.3. The van der Waals surface area contributed by atoms with Crippen LogP contribution in [0.3, 0.4) is 0 Å². The van der Waals surface area contributed by atoms with Gasteiger partial charge in [-0.25, -0.2) is 14.4 Å². The number of aromatic nitrogens is 2. The summed E-state index contributed by atoms with van der Waals surface area (Å²) < 4.78 is 13.3. The second-order valence-electron chi connectivity index (χ2n) is 7.06. The SMILES string of the molecule is O=C(CCSc1ncnc2scc(-c3ccc(F)cc3)c12)N1CCN(CCO)CC1. The first kappa shape index (κ1) is 21.2. The predicted molar refractivity (Wildman–Crippen MR) is 118 cm³/mol. The van der Waals surface area contributed by atoms with Crippen molar-refractivity contribution in [3.8, 4) is 11.1 Å². The minimum Gasteiger partial charge on any atom is -0.395 e. The Morgan fingerprint density at radius 3 is 2.67 bits per heavy atom. The molecule has 3 aromatic rings. The van der Waals surface area contributed by atoms with E-state index in [9.17, 15) is 9.18 Å². The lowest BCUT2D eigenvalue weighted by atomic mass is 10.1. The van der Waals surface area contributed by atoms with E-state index in [-0.39, 0.29) is 18.3 Å². The number of carbonyl (C=O) groups is 1. The zero-order valence-electron chi connectivity index (χ0n) is 16.5. The van der Waals surface area contributed by atoms with Crippen molar-refractivity contribution in [3.63, 3.8) is 0 Å². The summed E-state index contributed by atoms with van der Waals surface area (Å²) in [6.07, 6.45) is 2.00. The van der Waals surface area contributed by atoms with Gasteiger partial charge in [0, 0.05) is 55.8 Å². The number of β-amino-alcohol motifs (C(OH)–C–C–N with tert-alkyl or cyclic N) is 1. The molecular weight excluding hydrogens is 423 g/mol. The van der Waals surface area contributed by atoms with Gasteiger partial charge < -0.3 is 10.0 Å². The largest absolute Gasteiger partial charge is 0.395 e. The highest BCUT2D eigenvalue weighted by Gasteiger charge is 2.21. The zero-order valence-corrected chi connectivity index (χ0v) is 18.1. The fourth-order valence-corrected chi connectivity index (χ4v) is 5.48. The molecule has 9 heteroatoms. The van der Waals surface area contributed by atoms with Crippen LogP contribution >= 0.6 is 23.1 Å². The molecule has 1 saturated heterocycles. The number of halogens is 1. The summed E-state index contributed by atoms with van der Waals surface area (Å²) in [6.45, 7) is 3.85. The molecule has 2 aromatic heterocycles. The Labute approximate surface area is 182 Å². The number of rotatable bonds is 7. The van der Waals surface area contributed by atoms with Gasteiger partial charge in [-0.15, -0.1) is 23.1 Å². The molecule has 3 heterocycles. The third-order valence-electron chi connectivity index (χ3n) is 5.19. The summed E-state index contributed by atoms with van der Waals surface area (Å²) in [7, 11) is 0. The van der Waals surface area contributed by atoms with E-state index < -0.39 is 0 Å². The Bertz CT molecular complexity index is 1000. The van der Waals surface area contributed by atoms with Crippen molar-refractivity contribution in [2.75, 3.05) is 45.1 Å². The highest BCUT2D eigenvalue weighted by Crippen LogP contribution is 2.38. The van der Waals surface area contributed by atoms with Crippen LogP contribution in [0.2, 0.25) is 0 Å². The summed E-state index contributed by atoms with van der Waals surface area (Å²) >= 11 is 3.10. The van der Waals surface area contributed by atoms with Crippen molar-refractivity contribution in [2.45, 2.75) is 11.4 Å². The first-order valence-electron chi connectivity index (χ1n) is 9.87. The van der Waals surface area contributed by atoms with Crippen LogP contribution < -0.4 is 0 Å². The van der Waals surface area contributed by atoms with Gasteiger partial charge in [0.05, 0.1) is 12.0 Å². The smallest absolute Gasteiger partial charge is 0.223 e. The maximum absolute atomic E-state index is 13.3. The van der Waals surface area contributed by atoms with Crippen LogP contribution in [-0.4, -0.2) is 75.9 Å². The highest BCUT2D eigenvalue weighted by atomic mass is 32.2. The van der Waals surface area contributed by atoms with Gasteiger partial charge in [0.1, 0.15) is 22.0 Å². The van der Waals surface area contributed by atoms with E-state index in [0.717, 1.165) is 39.5 Å². The van der Waals surface area contributed by atoms with E-state index in [1.165, 1.54) is 23.5 Å². The summed E-state index contributed by atoms with van der Waals surface area (Å²) in [5.41, 5.74) is 1.92. The zero-order chi connectivity index (χ0) is 20.9. The second-order valence-corrected chi connectivity index (χ2v) is 9.00. The van der Waals surface area contributed by atoms with E-state index >= 15 is 0 Å². The minimum absolute atomic E-state index is 0.153. The van der Waals surface area contributed by atoms with Gasteiger partial charge >= 0.3 is 0 Å². The van der Waals surface area contributed by atoms with Gasteiger partial charge in [-0.2, -0.15) is 0 Å². The molecule has 1 aliphatic rings. The highest BCUT2D eigenvalue weighted by molar-refractivity contribution is 7.99. The fraction of sp³-hybridized carbons (Fsp3) is 0.381. The number of nitrogens with zero attached hydrogens (tertiary/aromatic N) is 4. The normalized spacial score (nSPS) is 15.1. The molecule has 1 amide bonds. The Kier molecular flexibility index (Phi) is 6.93. The van der Waals surface area contributed by atoms with Crippen LogP contribution in [0, 0.1) is 5.82 Å². The molecule has 0 spiro atoms. The lowest BCUT2D eigenvalue weighted by molar-refractivity contribution is -0.132. The molecule has 6 nitrogen and oxygen atoms in total. The van der Waals surface area contributed by atoms with Crippen molar-refractivity contribution in [1.29, 1.82) is 0 Å². The van der Waals surface area contributed by atoms with E-state index in [4.69, 9.17) is 5.11 Å². The Hall–Kier alpha value is -2.07. The molecule has 1 fully saturated rings. The molecule has 0 bridgehead atoms. The number of amides is 1. The second kappa shape index (κ2) is 9.82. The average Bonchev–Trinajstić information content (AvgIpc) is 3.20. The standard InChI is InChI=1S/C21H23FN4O2S2/c22-16-3-1-15(2-4-16)17-13-30-21-19(17)20(23-14-24-21)29-12-5-18(28)26-8-6-25(7-9-26)10-11-27/h1-4,13-14,27H,5-12H2. The lowest BCUT2D eigenvalue weighted by Crippen LogP contribution is -2.49. The predicted octanol–water partition coefficient (Wildman–Crippen LogP) is 3.12. The number of thioether (sulfide) groups is 1. The fourth-order valence-electron chi connectivity index (χ4n) is 3.55. The van der Waals surface area contributed by atoms with E-state index in [1.54, 1.807) is 30.2 Å². The van der Waals surface area contributed by atoms with Crippen LogP contribution in [0.15, 0.2) is 41.0 Å². The van der Waals surface area contributed by atoms with Crippen LogP contribution in [0.4, 0.5) is 4.39 Å². The van der Waals surface area contributed by atoms with Gasteiger partial charge in [-0.05, 0) is 17.7 Å². The van der Waals surface area contributed by atoms with Crippen molar-refractivity contribution in [3.05, 3.63) is 41.8 Å².